The van der Waals surface area contributed by atoms with Crippen LogP contribution in [0.3, 0.4) is 0 Å². The van der Waals surface area contributed by atoms with Crippen LogP contribution in [0, 0.1) is 34.5 Å². The molecular formula is C28H45NO6. The van der Waals surface area contributed by atoms with E-state index in [4.69, 9.17) is 0 Å². The van der Waals surface area contributed by atoms with Gasteiger partial charge in [-0.1, -0.05) is 13.8 Å². The van der Waals surface area contributed by atoms with Crippen LogP contribution in [0.25, 0.3) is 0 Å². The van der Waals surface area contributed by atoms with Crippen LogP contribution in [0.4, 0.5) is 0 Å². The maximum atomic E-state index is 13.3. The van der Waals surface area contributed by atoms with Gasteiger partial charge in [0.05, 0.1) is 23.9 Å². The Hall–Kier alpha value is -0.830. The molecule has 1 saturated heterocycles. The highest BCUT2D eigenvalue weighted by Gasteiger charge is 2.67. The number of fused-ring (bicyclic) bond motifs is 5. The molecule has 7 nitrogen and oxygen atoms in total. The Morgan fingerprint density at radius 3 is 2.46 bits per heavy atom. The van der Waals surface area contributed by atoms with Gasteiger partial charge in [0.2, 0.25) is 0 Å². The number of aliphatic hydroxyl groups is 5. The van der Waals surface area contributed by atoms with Crippen LogP contribution in [-0.4, -0.2) is 86.4 Å². The number of piperidine rings is 1. The van der Waals surface area contributed by atoms with Gasteiger partial charge in [0.25, 0.3) is 0 Å². The highest BCUT2D eigenvalue weighted by molar-refractivity contribution is 5.95. The van der Waals surface area contributed by atoms with Crippen LogP contribution in [0.2, 0.25) is 0 Å². The number of aliphatic hydroxyl groups excluding tert-OH is 4. The van der Waals surface area contributed by atoms with Crippen molar-refractivity contribution in [3.8, 4) is 0 Å². The highest BCUT2D eigenvalue weighted by atomic mass is 16.3. The molecule has 7 heteroatoms. The van der Waals surface area contributed by atoms with E-state index >= 15 is 0 Å². The third-order valence-electron chi connectivity index (χ3n) is 11.3. The van der Waals surface area contributed by atoms with Gasteiger partial charge >= 0.3 is 0 Å². The zero-order valence-corrected chi connectivity index (χ0v) is 21.4. The van der Waals surface area contributed by atoms with Crippen molar-refractivity contribution in [1.82, 2.24) is 4.90 Å². The van der Waals surface area contributed by atoms with E-state index in [2.05, 4.69) is 18.7 Å². The second-order valence-electron chi connectivity index (χ2n) is 13.0. The Morgan fingerprint density at radius 2 is 1.77 bits per heavy atom. The molecule has 0 spiro atoms. The standard InChI is InChI=1S/C28H45NO6/c1-26-15-24(33)23(32)14-21(26)22(31)13-20-18(26)3-8-27(2)19(4-9-28(20,27)35)25(34)16-29-10-5-17(6-11-29)7-12-30/h13,17-19,21,23-25,30,32-35H,3-12,14-16H2,1-2H3/t18?,19-,21+,23-,24+,25?,26-,27-,28-/m1/s1. The van der Waals surface area contributed by atoms with Crippen LogP contribution in [0.15, 0.2) is 11.6 Å². The van der Waals surface area contributed by atoms with Crippen LogP contribution in [-0.2, 0) is 4.79 Å². The number of hydrogen-bond donors (Lipinski definition) is 5. The van der Waals surface area contributed by atoms with Gasteiger partial charge in [-0.2, -0.15) is 0 Å². The lowest BCUT2D eigenvalue weighted by molar-refractivity contribution is -0.155. The minimum absolute atomic E-state index is 0.00636. The molecule has 35 heavy (non-hydrogen) atoms. The molecule has 0 amide bonds. The molecule has 4 fully saturated rings. The molecule has 0 radical (unpaired) electrons. The molecule has 0 aromatic carbocycles. The monoisotopic (exact) mass is 491 g/mol. The molecule has 0 aromatic rings. The van der Waals surface area contributed by atoms with Crippen molar-refractivity contribution in [2.24, 2.45) is 34.5 Å². The predicted molar refractivity (Wildman–Crippen MR) is 131 cm³/mol. The second-order valence-corrected chi connectivity index (χ2v) is 13.0. The van der Waals surface area contributed by atoms with Gasteiger partial charge in [0.1, 0.15) is 0 Å². The molecule has 1 heterocycles. The number of rotatable bonds is 5. The number of allylic oxidation sites excluding steroid dienone is 1. The summed E-state index contributed by atoms with van der Waals surface area (Å²) in [4.78, 5) is 15.6. The summed E-state index contributed by atoms with van der Waals surface area (Å²) in [5.41, 5.74) is -1.27. The number of hydrogen-bond acceptors (Lipinski definition) is 7. The normalized spacial score (nSPS) is 47.6. The van der Waals surface area contributed by atoms with E-state index in [0.717, 1.165) is 57.2 Å². The quantitative estimate of drug-likeness (QED) is 0.396. The number of carbonyl (C=O) groups excluding carboxylic acids is 1. The summed E-state index contributed by atoms with van der Waals surface area (Å²) in [6.45, 7) is 6.89. The summed E-state index contributed by atoms with van der Waals surface area (Å²) >= 11 is 0. The molecular weight excluding hydrogens is 446 g/mol. The van der Waals surface area contributed by atoms with Crippen molar-refractivity contribution >= 4 is 5.78 Å². The van der Waals surface area contributed by atoms with Crippen molar-refractivity contribution in [3.05, 3.63) is 11.6 Å². The third-order valence-corrected chi connectivity index (χ3v) is 11.3. The molecule has 3 saturated carbocycles. The van der Waals surface area contributed by atoms with Crippen molar-refractivity contribution < 1.29 is 30.3 Å². The van der Waals surface area contributed by atoms with Gasteiger partial charge in [-0.05, 0) is 106 Å². The molecule has 2 unspecified atom stereocenters. The van der Waals surface area contributed by atoms with Crippen molar-refractivity contribution in [1.29, 1.82) is 0 Å². The number of ketones is 1. The van der Waals surface area contributed by atoms with Crippen molar-refractivity contribution in [2.75, 3.05) is 26.2 Å². The van der Waals surface area contributed by atoms with E-state index in [-0.39, 0.29) is 36.6 Å². The first-order chi connectivity index (χ1) is 16.5. The molecule has 5 aliphatic rings. The average molecular weight is 492 g/mol. The molecule has 9 atom stereocenters. The Labute approximate surface area is 209 Å². The van der Waals surface area contributed by atoms with E-state index < -0.39 is 34.7 Å². The summed E-state index contributed by atoms with van der Waals surface area (Å²) in [5.74, 6) is 0.185. The highest BCUT2D eigenvalue weighted by Crippen LogP contribution is 2.67. The number of likely N-dealkylation sites (tertiary alicyclic amines) is 1. The van der Waals surface area contributed by atoms with Gasteiger partial charge in [-0.3, -0.25) is 4.79 Å². The van der Waals surface area contributed by atoms with Gasteiger partial charge in [0.15, 0.2) is 5.78 Å². The summed E-state index contributed by atoms with van der Waals surface area (Å²) in [6.07, 6.45) is 5.93. The maximum Gasteiger partial charge on any atom is 0.159 e. The van der Waals surface area contributed by atoms with Gasteiger partial charge in [0, 0.05) is 24.5 Å². The number of β-amino-alcohol motifs (C(OH)–C–C–N with tert-alkyl or cyclic N) is 1. The first-order valence-electron chi connectivity index (χ1n) is 13.9. The largest absolute Gasteiger partial charge is 0.396 e. The summed E-state index contributed by atoms with van der Waals surface area (Å²) in [5, 5.41) is 53.6. The molecule has 0 aromatic heterocycles. The lowest BCUT2D eigenvalue weighted by Gasteiger charge is -2.60. The fraction of sp³-hybridized carbons (Fsp3) is 0.893. The minimum Gasteiger partial charge on any atom is -0.396 e. The first kappa shape index (κ1) is 25.8. The van der Waals surface area contributed by atoms with Gasteiger partial charge < -0.3 is 30.4 Å². The van der Waals surface area contributed by atoms with Crippen LogP contribution < -0.4 is 0 Å². The topological polar surface area (TPSA) is 121 Å². The number of carbonyl (C=O) groups is 1. The van der Waals surface area contributed by atoms with E-state index in [1.165, 1.54) is 0 Å². The van der Waals surface area contributed by atoms with E-state index in [0.29, 0.717) is 25.3 Å². The SMILES string of the molecule is C[C@]12C[C@H](O)[C@H](O)C[C@H]1C(=O)C=C1C2CC[C@]2(C)[C@@H](C(O)CN3CCC(CCO)CC3)CC[C@@]12O. The fourth-order valence-corrected chi connectivity index (χ4v) is 9.06. The Balaban J connectivity index is 1.35. The summed E-state index contributed by atoms with van der Waals surface area (Å²) in [7, 11) is 0. The Morgan fingerprint density at radius 1 is 1.06 bits per heavy atom. The van der Waals surface area contributed by atoms with E-state index in [1.54, 1.807) is 6.08 Å². The molecule has 4 aliphatic carbocycles. The average Bonchev–Trinajstić information content (AvgIpc) is 3.09. The lowest BCUT2D eigenvalue weighted by atomic mass is 9.46. The zero-order chi connectivity index (χ0) is 25.2. The van der Waals surface area contributed by atoms with Gasteiger partial charge in [-0.25, -0.2) is 0 Å². The van der Waals surface area contributed by atoms with E-state index in [9.17, 15) is 30.3 Å². The van der Waals surface area contributed by atoms with Crippen LogP contribution in [0.1, 0.15) is 71.6 Å². The zero-order valence-electron chi connectivity index (χ0n) is 21.4. The Bertz CT molecular complexity index is 854. The third kappa shape index (κ3) is 3.96. The molecule has 5 N–H and O–H groups in total. The van der Waals surface area contributed by atoms with Crippen molar-refractivity contribution in [2.45, 2.75) is 95.5 Å². The summed E-state index contributed by atoms with van der Waals surface area (Å²) < 4.78 is 0. The van der Waals surface area contributed by atoms with Crippen molar-refractivity contribution in [3.63, 3.8) is 0 Å². The first-order valence-corrected chi connectivity index (χ1v) is 13.9. The second kappa shape index (κ2) is 9.17. The number of nitrogens with zero attached hydrogens (tertiary/aromatic N) is 1. The molecule has 198 valence electrons. The van der Waals surface area contributed by atoms with Gasteiger partial charge in [-0.15, -0.1) is 0 Å². The molecule has 1 aliphatic heterocycles. The minimum atomic E-state index is -1.12. The predicted octanol–water partition coefficient (Wildman–Crippen LogP) is 1.65. The summed E-state index contributed by atoms with van der Waals surface area (Å²) in [6, 6.07) is 0. The molecule has 5 rings (SSSR count). The smallest absolute Gasteiger partial charge is 0.159 e. The molecule has 0 bridgehead atoms. The maximum absolute atomic E-state index is 13.3. The fourth-order valence-electron chi connectivity index (χ4n) is 9.06. The van der Waals surface area contributed by atoms with Crippen LogP contribution in [0.5, 0.6) is 0 Å². The Kier molecular flexibility index (Phi) is 6.76. The van der Waals surface area contributed by atoms with E-state index in [1.807, 2.05) is 0 Å². The van der Waals surface area contributed by atoms with Crippen LogP contribution >= 0.6 is 0 Å². The lowest BCUT2D eigenvalue weighted by Crippen LogP contribution is -2.61.